The minimum Gasteiger partial charge on any atom is -0.497 e. The Morgan fingerprint density at radius 1 is 1.23 bits per heavy atom. The zero-order valence-electron chi connectivity index (χ0n) is 12.7. The Morgan fingerprint density at radius 2 is 2.09 bits per heavy atom. The highest BCUT2D eigenvalue weighted by atomic mass is 16.5. The van der Waals surface area contributed by atoms with Crippen LogP contribution in [0.5, 0.6) is 11.5 Å². The van der Waals surface area contributed by atoms with Gasteiger partial charge in [-0.1, -0.05) is 24.3 Å². The molecule has 1 unspecified atom stereocenters. The van der Waals surface area contributed by atoms with Gasteiger partial charge in [-0.3, -0.25) is 0 Å². The first-order valence-electron chi connectivity index (χ1n) is 7.54. The lowest BCUT2D eigenvalue weighted by Gasteiger charge is -2.36. The van der Waals surface area contributed by atoms with Crippen LogP contribution >= 0.6 is 0 Å². The predicted octanol–water partition coefficient (Wildman–Crippen LogP) is 2.85. The quantitative estimate of drug-likeness (QED) is 0.922. The number of para-hydroxylation sites is 2. The second kappa shape index (κ2) is 6.71. The van der Waals surface area contributed by atoms with E-state index in [-0.39, 0.29) is 12.7 Å². The molecule has 2 aromatic carbocycles. The number of benzene rings is 2. The number of nitrogens with zero attached hydrogens (tertiary/aromatic N) is 1. The van der Waals surface area contributed by atoms with Crippen LogP contribution in [0.4, 0.5) is 5.69 Å². The Bertz CT molecular complexity index is 629. The predicted molar refractivity (Wildman–Crippen MR) is 86.6 cm³/mol. The first kappa shape index (κ1) is 14.7. The number of aliphatic hydroxyl groups is 1. The zero-order valence-corrected chi connectivity index (χ0v) is 12.7. The second-order valence-electron chi connectivity index (χ2n) is 5.45. The van der Waals surface area contributed by atoms with E-state index in [1.54, 1.807) is 7.11 Å². The van der Waals surface area contributed by atoms with Crippen molar-refractivity contribution in [3.63, 3.8) is 0 Å². The van der Waals surface area contributed by atoms with Gasteiger partial charge in [0.15, 0.2) is 0 Å². The van der Waals surface area contributed by atoms with Crippen LogP contribution in [0.2, 0.25) is 0 Å². The van der Waals surface area contributed by atoms with E-state index in [1.165, 1.54) is 5.56 Å². The fourth-order valence-electron chi connectivity index (χ4n) is 2.81. The molecule has 2 aromatic rings. The van der Waals surface area contributed by atoms with Crippen LogP contribution in [-0.4, -0.2) is 31.5 Å². The van der Waals surface area contributed by atoms with Gasteiger partial charge in [0.25, 0.3) is 0 Å². The number of fused-ring (bicyclic) bond motifs is 1. The highest BCUT2D eigenvalue weighted by Crippen LogP contribution is 2.34. The van der Waals surface area contributed by atoms with Gasteiger partial charge in [-0.05, 0) is 29.8 Å². The van der Waals surface area contributed by atoms with Crippen molar-refractivity contribution in [1.82, 2.24) is 0 Å². The Balaban J connectivity index is 1.84. The maximum Gasteiger partial charge on any atom is 0.143 e. The molecule has 3 rings (SSSR count). The number of hydrogen-bond donors (Lipinski definition) is 1. The van der Waals surface area contributed by atoms with Crippen molar-refractivity contribution in [3.8, 4) is 11.5 Å². The van der Waals surface area contributed by atoms with Crippen molar-refractivity contribution in [2.24, 2.45) is 0 Å². The molecule has 0 saturated carbocycles. The van der Waals surface area contributed by atoms with Crippen LogP contribution < -0.4 is 14.4 Å². The van der Waals surface area contributed by atoms with Crippen molar-refractivity contribution < 1.29 is 14.6 Å². The average molecular weight is 299 g/mol. The van der Waals surface area contributed by atoms with Gasteiger partial charge < -0.3 is 19.5 Å². The number of hydrogen-bond acceptors (Lipinski definition) is 4. The molecule has 1 heterocycles. The summed E-state index contributed by atoms with van der Waals surface area (Å²) in [5, 5.41) is 9.20. The van der Waals surface area contributed by atoms with E-state index in [1.807, 2.05) is 30.3 Å². The molecule has 4 heteroatoms. The zero-order chi connectivity index (χ0) is 15.4. The summed E-state index contributed by atoms with van der Waals surface area (Å²) in [5.41, 5.74) is 2.29. The van der Waals surface area contributed by atoms with Crippen LogP contribution in [0.3, 0.4) is 0 Å². The molecule has 1 aliphatic rings. The Kier molecular flexibility index (Phi) is 4.49. The van der Waals surface area contributed by atoms with Crippen molar-refractivity contribution >= 4 is 5.69 Å². The van der Waals surface area contributed by atoms with E-state index in [9.17, 15) is 5.11 Å². The van der Waals surface area contributed by atoms with Crippen molar-refractivity contribution in [2.75, 3.05) is 25.2 Å². The first-order valence-corrected chi connectivity index (χ1v) is 7.54. The second-order valence-corrected chi connectivity index (χ2v) is 5.45. The summed E-state index contributed by atoms with van der Waals surface area (Å²) in [6, 6.07) is 16.2. The van der Waals surface area contributed by atoms with Crippen LogP contribution in [-0.2, 0) is 6.54 Å². The standard InChI is InChI=1S/C18H21NO3/c1-21-15-6-4-5-14(11-15)12-19-13-16(9-10-20)22-18-8-3-2-7-17(18)19/h2-8,11,16,20H,9-10,12-13H2,1H3. The summed E-state index contributed by atoms with van der Waals surface area (Å²) >= 11 is 0. The van der Waals surface area contributed by atoms with Gasteiger partial charge in [-0.15, -0.1) is 0 Å². The minimum atomic E-state index is 0.0190. The number of aliphatic hydroxyl groups excluding tert-OH is 1. The summed E-state index contributed by atoms with van der Waals surface area (Å²) in [6.07, 6.45) is 0.661. The van der Waals surface area contributed by atoms with Crippen LogP contribution in [0, 0.1) is 0 Å². The van der Waals surface area contributed by atoms with E-state index in [0.29, 0.717) is 6.42 Å². The van der Waals surface area contributed by atoms with Gasteiger partial charge in [0, 0.05) is 19.6 Å². The molecule has 22 heavy (non-hydrogen) atoms. The summed E-state index contributed by atoms with van der Waals surface area (Å²) in [4.78, 5) is 2.30. The lowest BCUT2D eigenvalue weighted by Crippen LogP contribution is -2.40. The number of anilines is 1. The number of rotatable bonds is 5. The van der Waals surface area contributed by atoms with Gasteiger partial charge >= 0.3 is 0 Å². The Labute approximate surface area is 130 Å². The molecular formula is C18H21NO3. The van der Waals surface area contributed by atoms with E-state index in [2.05, 4.69) is 23.1 Å². The molecule has 1 atom stereocenters. The van der Waals surface area contributed by atoms with Crippen LogP contribution in [0.25, 0.3) is 0 Å². The van der Waals surface area contributed by atoms with Gasteiger partial charge in [0.2, 0.25) is 0 Å². The third kappa shape index (κ3) is 3.17. The highest BCUT2D eigenvalue weighted by molar-refractivity contribution is 5.60. The number of methoxy groups -OCH3 is 1. The maximum absolute atomic E-state index is 9.20. The topological polar surface area (TPSA) is 41.9 Å². The summed E-state index contributed by atoms with van der Waals surface area (Å²) in [6.45, 7) is 1.70. The van der Waals surface area contributed by atoms with E-state index < -0.39 is 0 Å². The van der Waals surface area contributed by atoms with Gasteiger partial charge in [0.1, 0.15) is 17.6 Å². The average Bonchev–Trinajstić information content (AvgIpc) is 2.55. The normalized spacial score (nSPS) is 16.8. The molecular weight excluding hydrogens is 278 g/mol. The maximum atomic E-state index is 9.20. The SMILES string of the molecule is COc1cccc(CN2CC(CCO)Oc3ccccc32)c1. The molecule has 0 spiro atoms. The Morgan fingerprint density at radius 3 is 2.91 bits per heavy atom. The first-order chi connectivity index (χ1) is 10.8. The molecule has 0 aliphatic carbocycles. The van der Waals surface area contributed by atoms with Crippen molar-refractivity contribution in [3.05, 3.63) is 54.1 Å². The monoisotopic (exact) mass is 299 g/mol. The highest BCUT2D eigenvalue weighted by Gasteiger charge is 2.25. The minimum absolute atomic E-state index is 0.0190. The summed E-state index contributed by atoms with van der Waals surface area (Å²) < 4.78 is 11.3. The van der Waals surface area contributed by atoms with E-state index in [4.69, 9.17) is 9.47 Å². The molecule has 1 N–H and O–H groups in total. The lowest BCUT2D eigenvalue weighted by atomic mass is 10.1. The molecule has 116 valence electrons. The molecule has 0 fully saturated rings. The fraction of sp³-hybridized carbons (Fsp3) is 0.333. The summed E-state index contributed by atoms with van der Waals surface area (Å²) in [7, 11) is 1.68. The lowest BCUT2D eigenvalue weighted by molar-refractivity contribution is 0.149. The van der Waals surface area contributed by atoms with Crippen LogP contribution in [0.15, 0.2) is 48.5 Å². The van der Waals surface area contributed by atoms with Gasteiger partial charge in [0.05, 0.1) is 19.3 Å². The fourth-order valence-corrected chi connectivity index (χ4v) is 2.81. The Hall–Kier alpha value is -2.20. The molecule has 4 nitrogen and oxygen atoms in total. The third-order valence-corrected chi connectivity index (χ3v) is 3.88. The largest absolute Gasteiger partial charge is 0.497 e. The van der Waals surface area contributed by atoms with E-state index >= 15 is 0 Å². The van der Waals surface area contributed by atoms with E-state index in [0.717, 1.165) is 30.3 Å². The molecule has 1 aliphatic heterocycles. The third-order valence-electron chi connectivity index (χ3n) is 3.88. The molecule has 0 bridgehead atoms. The van der Waals surface area contributed by atoms with Gasteiger partial charge in [-0.2, -0.15) is 0 Å². The molecule has 0 saturated heterocycles. The molecule has 0 aromatic heterocycles. The van der Waals surface area contributed by atoms with Crippen LogP contribution in [0.1, 0.15) is 12.0 Å². The molecule has 0 amide bonds. The molecule has 0 radical (unpaired) electrons. The van der Waals surface area contributed by atoms with Gasteiger partial charge in [-0.25, -0.2) is 0 Å². The van der Waals surface area contributed by atoms with Crippen molar-refractivity contribution in [2.45, 2.75) is 19.1 Å². The number of ether oxygens (including phenoxy) is 2. The van der Waals surface area contributed by atoms with Crippen molar-refractivity contribution in [1.29, 1.82) is 0 Å². The smallest absolute Gasteiger partial charge is 0.143 e. The summed E-state index contributed by atoms with van der Waals surface area (Å²) in [5.74, 6) is 1.75.